The predicted molar refractivity (Wildman–Crippen MR) is 68.7 cm³/mol. The monoisotopic (exact) mass is 277 g/mol. The van der Waals surface area contributed by atoms with Crippen molar-refractivity contribution >= 4 is 15.9 Å². The molecule has 1 saturated heterocycles. The second kappa shape index (κ2) is 6.21. The van der Waals surface area contributed by atoms with Crippen LogP contribution < -0.4 is 0 Å². The highest BCUT2D eigenvalue weighted by Gasteiger charge is 2.30. The van der Waals surface area contributed by atoms with Crippen LogP contribution in [0.15, 0.2) is 0 Å². The number of hydrogen-bond donors (Lipinski definition) is 0. The van der Waals surface area contributed by atoms with Crippen LogP contribution in [-0.2, 0) is 4.74 Å². The lowest BCUT2D eigenvalue weighted by molar-refractivity contribution is -0.0184. The van der Waals surface area contributed by atoms with Gasteiger partial charge in [-0.25, -0.2) is 0 Å². The van der Waals surface area contributed by atoms with Gasteiger partial charge in [0, 0.05) is 24.5 Å². The molecule has 0 amide bonds. The molecule has 1 heterocycles. The average molecular weight is 278 g/mol. The maximum Gasteiger partial charge on any atom is 0.0619 e. The molecular weight excluding hydrogens is 254 g/mol. The molecule has 0 aliphatic carbocycles. The van der Waals surface area contributed by atoms with Gasteiger partial charge in [0.2, 0.25) is 0 Å². The lowest BCUT2D eigenvalue weighted by Gasteiger charge is -2.41. The van der Waals surface area contributed by atoms with Gasteiger partial charge in [0.15, 0.2) is 0 Å². The molecule has 1 atom stereocenters. The van der Waals surface area contributed by atoms with E-state index in [9.17, 15) is 0 Å². The van der Waals surface area contributed by atoms with Gasteiger partial charge in [-0.2, -0.15) is 0 Å². The van der Waals surface area contributed by atoms with Crippen molar-refractivity contribution in [3.05, 3.63) is 0 Å². The van der Waals surface area contributed by atoms with Gasteiger partial charge in [0.1, 0.15) is 0 Å². The standard InChI is InChI=1S/C12H24BrNO/c1-4-12(5-2,9-13)10-14-6-7-15-8-11(14)3/h11H,4-10H2,1-3H3. The normalized spacial score (nSPS) is 24.4. The fraction of sp³-hybridized carbons (Fsp3) is 1.00. The minimum Gasteiger partial charge on any atom is -0.379 e. The number of nitrogens with zero attached hydrogens (tertiary/aromatic N) is 1. The van der Waals surface area contributed by atoms with Gasteiger partial charge in [-0.1, -0.05) is 29.8 Å². The Kier molecular flexibility index (Phi) is 5.58. The molecule has 0 radical (unpaired) electrons. The molecule has 1 rings (SSSR count). The lowest BCUT2D eigenvalue weighted by Crippen LogP contribution is -2.49. The quantitative estimate of drug-likeness (QED) is 0.717. The second-order valence-corrected chi connectivity index (χ2v) is 5.30. The number of halogens is 1. The summed E-state index contributed by atoms with van der Waals surface area (Å²) in [6.07, 6.45) is 2.50. The van der Waals surface area contributed by atoms with Crippen molar-refractivity contribution < 1.29 is 4.74 Å². The molecule has 0 aromatic heterocycles. The van der Waals surface area contributed by atoms with Crippen LogP contribution in [0.25, 0.3) is 0 Å². The zero-order valence-electron chi connectivity index (χ0n) is 10.3. The first-order valence-corrected chi connectivity index (χ1v) is 7.17. The highest BCUT2D eigenvalue weighted by molar-refractivity contribution is 9.09. The smallest absolute Gasteiger partial charge is 0.0619 e. The molecule has 3 heteroatoms. The summed E-state index contributed by atoms with van der Waals surface area (Å²) in [5.74, 6) is 0. The first kappa shape index (κ1) is 13.5. The summed E-state index contributed by atoms with van der Waals surface area (Å²) in [6, 6.07) is 0.579. The number of hydrogen-bond acceptors (Lipinski definition) is 2. The molecule has 0 N–H and O–H groups in total. The summed E-state index contributed by atoms with van der Waals surface area (Å²) in [7, 11) is 0. The van der Waals surface area contributed by atoms with Gasteiger partial charge >= 0.3 is 0 Å². The van der Waals surface area contributed by atoms with Gasteiger partial charge in [-0.3, -0.25) is 4.90 Å². The Labute approximate surface area is 102 Å². The third-order valence-electron chi connectivity index (χ3n) is 3.83. The van der Waals surface area contributed by atoms with Crippen LogP contribution in [0.3, 0.4) is 0 Å². The fourth-order valence-corrected chi connectivity index (χ4v) is 3.10. The molecule has 0 aromatic carbocycles. The van der Waals surface area contributed by atoms with E-state index in [1.165, 1.54) is 19.4 Å². The Morgan fingerprint density at radius 1 is 1.40 bits per heavy atom. The maximum atomic E-state index is 5.47. The van der Waals surface area contributed by atoms with Crippen LogP contribution in [0.2, 0.25) is 0 Å². The lowest BCUT2D eigenvalue weighted by atomic mass is 9.83. The van der Waals surface area contributed by atoms with Gasteiger partial charge in [-0.15, -0.1) is 0 Å². The first-order valence-electron chi connectivity index (χ1n) is 6.05. The van der Waals surface area contributed by atoms with E-state index in [0.717, 1.165) is 25.1 Å². The molecule has 0 aromatic rings. The van der Waals surface area contributed by atoms with E-state index in [1.54, 1.807) is 0 Å². The summed E-state index contributed by atoms with van der Waals surface area (Å²) in [5.41, 5.74) is 0.450. The predicted octanol–water partition coefficient (Wildman–Crippen LogP) is 2.91. The molecule has 1 aliphatic heterocycles. The zero-order valence-corrected chi connectivity index (χ0v) is 11.8. The van der Waals surface area contributed by atoms with Gasteiger partial charge in [0.25, 0.3) is 0 Å². The van der Waals surface area contributed by atoms with Crippen molar-refractivity contribution in [2.75, 3.05) is 31.6 Å². The summed E-state index contributed by atoms with van der Waals surface area (Å²) >= 11 is 3.68. The SMILES string of the molecule is CCC(CC)(CBr)CN1CCOCC1C. The van der Waals surface area contributed by atoms with Crippen molar-refractivity contribution in [2.24, 2.45) is 5.41 Å². The van der Waals surface area contributed by atoms with Crippen LogP contribution >= 0.6 is 15.9 Å². The highest BCUT2D eigenvalue weighted by atomic mass is 79.9. The van der Waals surface area contributed by atoms with E-state index < -0.39 is 0 Å². The molecule has 1 unspecified atom stereocenters. The number of ether oxygens (including phenoxy) is 1. The Bertz CT molecular complexity index is 174. The fourth-order valence-electron chi connectivity index (χ4n) is 2.13. The van der Waals surface area contributed by atoms with Crippen molar-refractivity contribution in [3.8, 4) is 0 Å². The topological polar surface area (TPSA) is 12.5 Å². The van der Waals surface area contributed by atoms with Crippen molar-refractivity contribution in [1.82, 2.24) is 4.90 Å². The van der Waals surface area contributed by atoms with Crippen LogP contribution in [0.5, 0.6) is 0 Å². The van der Waals surface area contributed by atoms with Crippen LogP contribution in [-0.4, -0.2) is 42.6 Å². The molecule has 0 saturated carbocycles. The second-order valence-electron chi connectivity index (χ2n) is 4.74. The van der Waals surface area contributed by atoms with E-state index in [1.807, 2.05) is 0 Å². The minimum atomic E-state index is 0.450. The first-order chi connectivity index (χ1) is 7.17. The molecule has 1 aliphatic rings. The number of rotatable bonds is 5. The minimum absolute atomic E-state index is 0.450. The Morgan fingerprint density at radius 2 is 2.07 bits per heavy atom. The highest BCUT2D eigenvalue weighted by Crippen LogP contribution is 2.30. The maximum absolute atomic E-state index is 5.47. The third-order valence-corrected chi connectivity index (χ3v) is 5.02. The van der Waals surface area contributed by atoms with E-state index >= 15 is 0 Å². The molecular formula is C12H24BrNO. The largest absolute Gasteiger partial charge is 0.379 e. The average Bonchev–Trinajstić information content (AvgIpc) is 2.29. The van der Waals surface area contributed by atoms with Crippen LogP contribution in [0.1, 0.15) is 33.6 Å². The summed E-state index contributed by atoms with van der Waals surface area (Å²) in [5, 5.41) is 1.11. The van der Waals surface area contributed by atoms with E-state index in [0.29, 0.717) is 11.5 Å². The van der Waals surface area contributed by atoms with Crippen molar-refractivity contribution in [2.45, 2.75) is 39.7 Å². The third kappa shape index (κ3) is 3.43. The van der Waals surface area contributed by atoms with Gasteiger partial charge in [0.05, 0.1) is 13.2 Å². The summed E-state index contributed by atoms with van der Waals surface area (Å²) in [4.78, 5) is 2.58. The molecule has 0 spiro atoms. The van der Waals surface area contributed by atoms with E-state index in [4.69, 9.17) is 4.74 Å². The number of alkyl halides is 1. The molecule has 15 heavy (non-hydrogen) atoms. The zero-order chi connectivity index (χ0) is 11.3. The molecule has 1 fully saturated rings. The molecule has 0 bridgehead atoms. The van der Waals surface area contributed by atoms with E-state index in [-0.39, 0.29) is 0 Å². The number of morpholine rings is 1. The molecule has 2 nitrogen and oxygen atoms in total. The Morgan fingerprint density at radius 3 is 2.53 bits per heavy atom. The van der Waals surface area contributed by atoms with E-state index in [2.05, 4.69) is 41.6 Å². The van der Waals surface area contributed by atoms with Crippen molar-refractivity contribution in [1.29, 1.82) is 0 Å². The Hall–Kier alpha value is 0.400. The summed E-state index contributed by atoms with van der Waals surface area (Å²) < 4.78 is 5.47. The van der Waals surface area contributed by atoms with Crippen LogP contribution in [0, 0.1) is 5.41 Å². The van der Waals surface area contributed by atoms with Gasteiger partial charge < -0.3 is 4.74 Å². The van der Waals surface area contributed by atoms with Crippen LogP contribution in [0.4, 0.5) is 0 Å². The van der Waals surface area contributed by atoms with Gasteiger partial charge in [-0.05, 0) is 25.2 Å². The van der Waals surface area contributed by atoms with Crippen molar-refractivity contribution in [3.63, 3.8) is 0 Å². The molecule has 90 valence electrons. The summed E-state index contributed by atoms with van der Waals surface area (Å²) in [6.45, 7) is 11.0. The Balaban J connectivity index is 2.56.